The number of aryl methyl sites for hydroxylation is 2. The number of Topliss-reactive ketones (excluding diaryl/α,β-unsaturated/α-hetero) is 1. The summed E-state index contributed by atoms with van der Waals surface area (Å²) < 4.78 is 11.9. The lowest BCUT2D eigenvalue weighted by Crippen LogP contribution is -2.53. The molecule has 7 heteroatoms. The van der Waals surface area contributed by atoms with Gasteiger partial charge >= 0.3 is 0 Å². The fourth-order valence-corrected chi connectivity index (χ4v) is 4.34. The standard InChI is InChI=1S/C23H23Cl2NO4/c1-14-9-17-19(27)12-23(30-20(17)10-15(14)2)5-7-26(8-6-23)22(28)13-29-21-11-16(24)3-4-18(21)25/h3-4,9-11H,5-8,12-13H2,1-2H3. The number of hydrogen-bond donors (Lipinski definition) is 0. The number of benzene rings is 2. The summed E-state index contributed by atoms with van der Waals surface area (Å²) in [5, 5.41) is 0.898. The van der Waals surface area contributed by atoms with E-state index in [0.717, 1.165) is 11.1 Å². The first-order valence-electron chi connectivity index (χ1n) is 9.95. The predicted molar refractivity (Wildman–Crippen MR) is 116 cm³/mol. The molecule has 1 saturated heterocycles. The van der Waals surface area contributed by atoms with Crippen LogP contribution in [0, 0.1) is 13.8 Å². The van der Waals surface area contributed by atoms with Crippen molar-refractivity contribution in [3.05, 3.63) is 57.1 Å². The van der Waals surface area contributed by atoms with E-state index in [1.807, 2.05) is 26.0 Å². The normalized spacial score (nSPS) is 17.5. The van der Waals surface area contributed by atoms with Gasteiger partial charge in [-0.1, -0.05) is 23.2 Å². The van der Waals surface area contributed by atoms with Crippen molar-refractivity contribution in [1.29, 1.82) is 0 Å². The van der Waals surface area contributed by atoms with Gasteiger partial charge in [0.25, 0.3) is 5.91 Å². The molecule has 158 valence electrons. The molecule has 1 amide bonds. The third-order valence-corrected chi connectivity index (χ3v) is 6.52. The van der Waals surface area contributed by atoms with Crippen LogP contribution in [0.1, 0.15) is 40.7 Å². The lowest BCUT2D eigenvalue weighted by Gasteiger charge is -2.44. The lowest BCUT2D eigenvalue weighted by molar-refractivity contribution is -0.136. The smallest absolute Gasteiger partial charge is 0.260 e. The van der Waals surface area contributed by atoms with E-state index < -0.39 is 5.60 Å². The number of ketones is 1. The highest BCUT2D eigenvalue weighted by Gasteiger charge is 2.43. The number of hydrogen-bond acceptors (Lipinski definition) is 4. The van der Waals surface area contributed by atoms with Crippen molar-refractivity contribution in [1.82, 2.24) is 4.90 Å². The molecule has 0 radical (unpaired) electrons. The van der Waals surface area contributed by atoms with E-state index in [1.165, 1.54) is 0 Å². The van der Waals surface area contributed by atoms with Crippen LogP contribution >= 0.6 is 23.2 Å². The largest absolute Gasteiger partial charge is 0.486 e. The summed E-state index contributed by atoms with van der Waals surface area (Å²) >= 11 is 12.0. The number of nitrogens with zero attached hydrogens (tertiary/aromatic N) is 1. The van der Waals surface area contributed by atoms with Crippen LogP contribution in [0.25, 0.3) is 0 Å². The Hall–Kier alpha value is -2.24. The lowest BCUT2D eigenvalue weighted by atomic mass is 9.82. The number of amides is 1. The van der Waals surface area contributed by atoms with Gasteiger partial charge in [-0.15, -0.1) is 0 Å². The first kappa shape index (κ1) is 21.0. The van der Waals surface area contributed by atoms with Crippen LogP contribution in [-0.4, -0.2) is 41.9 Å². The number of ether oxygens (including phenoxy) is 2. The van der Waals surface area contributed by atoms with E-state index >= 15 is 0 Å². The van der Waals surface area contributed by atoms with Gasteiger partial charge in [0.2, 0.25) is 0 Å². The molecule has 0 atom stereocenters. The maximum absolute atomic E-state index is 12.8. The van der Waals surface area contributed by atoms with Gasteiger partial charge < -0.3 is 14.4 Å². The second-order valence-corrected chi connectivity index (χ2v) is 8.91. The van der Waals surface area contributed by atoms with Crippen LogP contribution < -0.4 is 9.47 Å². The highest BCUT2D eigenvalue weighted by atomic mass is 35.5. The van der Waals surface area contributed by atoms with Crippen molar-refractivity contribution in [3.63, 3.8) is 0 Å². The van der Waals surface area contributed by atoms with Crippen molar-refractivity contribution < 1.29 is 19.1 Å². The SMILES string of the molecule is Cc1cc2c(cc1C)C(=O)CC1(CCN(C(=O)COc3cc(Cl)ccc3Cl)CC1)O2. The molecule has 2 aromatic rings. The number of carbonyl (C=O) groups is 2. The van der Waals surface area contributed by atoms with Crippen LogP contribution in [0.3, 0.4) is 0 Å². The van der Waals surface area contributed by atoms with Crippen LogP contribution in [0.15, 0.2) is 30.3 Å². The van der Waals surface area contributed by atoms with E-state index in [4.69, 9.17) is 32.7 Å². The number of piperidine rings is 1. The summed E-state index contributed by atoms with van der Waals surface area (Å²) in [6.07, 6.45) is 1.56. The summed E-state index contributed by atoms with van der Waals surface area (Å²) in [5.41, 5.74) is 2.30. The molecule has 2 aromatic carbocycles. The van der Waals surface area contributed by atoms with Gasteiger partial charge in [0.05, 0.1) is 17.0 Å². The monoisotopic (exact) mass is 447 g/mol. The van der Waals surface area contributed by atoms with Crippen molar-refractivity contribution >= 4 is 34.9 Å². The highest BCUT2D eigenvalue weighted by Crippen LogP contribution is 2.40. The Bertz CT molecular complexity index is 1010. The van der Waals surface area contributed by atoms with Crippen molar-refractivity contribution in [2.45, 2.75) is 38.7 Å². The minimum absolute atomic E-state index is 0.109. The fraction of sp³-hybridized carbons (Fsp3) is 0.391. The minimum atomic E-state index is -0.542. The molecule has 2 aliphatic heterocycles. The zero-order valence-corrected chi connectivity index (χ0v) is 18.5. The molecule has 0 N–H and O–H groups in total. The Labute approximate surface area is 185 Å². The van der Waals surface area contributed by atoms with Crippen molar-refractivity contribution in [2.24, 2.45) is 0 Å². The molecule has 2 heterocycles. The van der Waals surface area contributed by atoms with Crippen molar-refractivity contribution in [2.75, 3.05) is 19.7 Å². The quantitative estimate of drug-likeness (QED) is 0.662. The zero-order chi connectivity index (χ0) is 21.5. The molecule has 0 unspecified atom stereocenters. The first-order valence-corrected chi connectivity index (χ1v) is 10.7. The number of rotatable bonds is 3. The van der Waals surface area contributed by atoms with Crippen LogP contribution in [0.5, 0.6) is 11.5 Å². The molecular formula is C23H23Cl2NO4. The average molecular weight is 448 g/mol. The van der Waals surface area contributed by atoms with Gasteiger partial charge in [-0.3, -0.25) is 9.59 Å². The summed E-state index contributed by atoms with van der Waals surface area (Å²) in [5.74, 6) is 1.02. The van der Waals surface area contributed by atoms with E-state index in [2.05, 4.69) is 0 Å². The van der Waals surface area contributed by atoms with Gasteiger partial charge in [0.1, 0.15) is 17.1 Å². The van der Waals surface area contributed by atoms with Gasteiger partial charge in [0, 0.05) is 37.0 Å². The van der Waals surface area contributed by atoms with Crippen molar-refractivity contribution in [3.8, 4) is 11.5 Å². The molecule has 0 aliphatic carbocycles. The third-order valence-electron chi connectivity index (χ3n) is 5.98. The second kappa shape index (κ2) is 8.12. The van der Waals surface area contributed by atoms with Crippen LogP contribution in [0.2, 0.25) is 10.0 Å². The highest BCUT2D eigenvalue weighted by molar-refractivity contribution is 6.34. The minimum Gasteiger partial charge on any atom is -0.486 e. The number of likely N-dealkylation sites (tertiary alicyclic amines) is 1. The summed E-state index contributed by atoms with van der Waals surface area (Å²) in [6.45, 7) is 4.92. The number of halogens is 2. The molecule has 0 aromatic heterocycles. The fourth-order valence-electron chi connectivity index (χ4n) is 4.01. The number of fused-ring (bicyclic) bond motifs is 1. The molecule has 30 heavy (non-hydrogen) atoms. The van der Waals surface area contributed by atoms with E-state index in [0.29, 0.717) is 59.5 Å². The van der Waals surface area contributed by atoms with Gasteiger partial charge in [0.15, 0.2) is 12.4 Å². The van der Waals surface area contributed by atoms with E-state index in [9.17, 15) is 9.59 Å². The van der Waals surface area contributed by atoms with Crippen LogP contribution in [0.4, 0.5) is 0 Å². The molecule has 1 spiro atoms. The Morgan fingerprint density at radius 3 is 2.57 bits per heavy atom. The molecule has 0 saturated carbocycles. The summed E-state index contributed by atoms with van der Waals surface area (Å²) in [6, 6.07) is 8.74. The molecule has 1 fully saturated rings. The molecular weight excluding hydrogens is 425 g/mol. The van der Waals surface area contributed by atoms with E-state index in [-0.39, 0.29) is 18.3 Å². The maximum Gasteiger partial charge on any atom is 0.260 e. The molecule has 5 nitrogen and oxygen atoms in total. The Morgan fingerprint density at radius 1 is 1.13 bits per heavy atom. The third kappa shape index (κ3) is 4.14. The van der Waals surface area contributed by atoms with E-state index in [1.54, 1.807) is 23.1 Å². The maximum atomic E-state index is 12.8. The topological polar surface area (TPSA) is 55.8 Å². The number of carbonyl (C=O) groups excluding carboxylic acids is 2. The molecule has 0 bridgehead atoms. The Morgan fingerprint density at radius 2 is 1.83 bits per heavy atom. The van der Waals surface area contributed by atoms with Gasteiger partial charge in [-0.05, 0) is 49.2 Å². The van der Waals surface area contributed by atoms with Gasteiger partial charge in [-0.25, -0.2) is 0 Å². The zero-order valence-electron chi connectivity index (χ0n) is 17.0. The van der Waals surface area contributed by atoms with Crippen LogP contribution in [-0.2, 0) is 4.79 Å². The summed E-state index contributed by atoms with van der Waals surface area (Å²) in [7, 11) is 0. The summed E-state index contributed by atoms with van der Waals surface area (Å²) in [4.78, 5) is 27.1. The van der Waals surface area contributed by atoms with Gasteiger partial charge in [-0.2, -0.15) is 0 Å². The Kier molecular flexibility index (Phi) is 5.69. The predicted octanol–water partition coefficient (Wildman–Crippen LogP) is 5.02. The first-order chi connectivity index (χ1) is 14.3. The molecule has 2 aliphatic rings. The second-order valence-electron chi connectivity index (χ2n) is 8.06. The molecule has 4 rings (SSSR count). The average Bonchev–Trinajstić information content (AvgIpc) is 2.70. The Balaban J connectivity index is 1.38.